The molecule has 0 fully saturated rings. The number of methoxy groups -OCH3 is 1. The van der Waals surface area contributed by atoms with Crippen LogP contribution < -0.4 is 9.47 Å². The van der Waals surface area contributed by atoms with Gasteiger partial charge in [-0.15, -0.1) is 0 Å². The quantitative estimate of drug-likeness (QED) is 0.687. The van der Waals surface area contributed by atoms with E-state index in [1.54, 1.807) is 0 Å². The molecule has 2 rings (SSSR count). The van der Waals surface area contributed by atoms with Crippen LogP contribution in [0.1, 0.15) is 19.4 Å². The van der Waals surface area contributed by atoms with E-state index in [4.69, 9.17) is 9.47 Å². The van der Waals surface area contributed by atoms with Crippen LogP contribution in [0.4, 0.5) is 4.39 Å². The normalized spacial score (nSPS) is 17.4. The van der Waals surface area contributed by atoms with E-state index in [1.165, 1.54) is 19.2 Å². The molecule has 1 aliphatic heterocycles. The van der Waals surface area contributed by atoms with E-state index in [9.17, 15) is 4.39 Å². The van der Waals surface area contributed by atoms with E-state index in [0.717, 1.165) is 12.0 Å². The molecule has 1 aromatic carbocycles. The van der Waals surface area contributed by atoms with Crippen LogP contribution in [-0.4, -0.2) is 12.7 Å². The van der Waals surface area contributed by atoms with Crippen molar-refractivity contribution in [1.82, 2.24) is 0 Å². The van der Waals surface area contributed by atoms with Crippen LogP contribution in [0, 0.1) is 5.82 Å². The Labute approximate surface area is 82.6 Å². The molecule has 0 saturated carbocycles. The van der Waals surface area contributed by atoms with Crippen LogP contribution in [0.2, 0.25) is 0 Å². The van der Waals surface area contributed by atoms with Crippen LogP contribution >= 0.6 is 0 Å². The van der Waals surface area contributed by atoms with Gasteiger partial charge in [-0.3, -0.25) is 0 Å². The van der Waals surface area contributed by atoms with Crippen molar-refractivity contribution in [2.75, 3.05) is 7.11 Å². The second kappa shape index (κ2) is 2.87. The number of hydrogen-bond acceptors (Lipinski definition) is 2. The Morgan fingerprint density at radius 2 is 2.14 bits per heavy atom. The van der Waals surface area contributed by atoms with Gasteiger partial charge in [0.05, 0.1) is 7.11 Å². The maximum atomic E-state index is 13.1. The van der Waals surface area contributed by atoms with Gasteiger partial charge in [0, 0.05) is 18.1 Å². The Morgan fingerprint density at radius 1 is 1.43 bits per heavy atom. The summed E-state index contributed by atoms with van der Waals surface area (Å²) in [6.07, 6.45) is 0.719. The number of halogens is 1. The number of rotatable bonds is 1. The number of benzene rings is 1. The molecule has 0 aliphatic carbocycles. The van der Waals surface area contributed by atoms with Crippen molar-refractivity contribution in [2.24, 2.45) is 0 Å². The average Bonchev–Trinajstić information content (AvgIpc) is 2.37. The predicted molar refractivity (Wildman–Crippen MR) is 51.4 cm³/mol. The third-order valence-corrected chi connectivity index (χ3v) is 2.31. The largest absolute Gasteiger partial charge is 0.493 e. The van der Waals surface area contributed by atoms with Crippen LogP contribution in [0.5, 0.6) is 11.5 Å². The van der Waals surface area contributed by atoms with Gasteiger partial charge in [-0.1, -0.05) is 0 Å². The van der Waals surface area contributed by atoms with Crippen LogP contribution in [0.25, 0.3) is 0 Å². The van der Waals surface area contributed by atoms with Crippen molar-refractivity contribution in [3.8, 4) is 11.5 Å². The van der Waals surface area contributed by atoms with Crippen molar-refractivity contribution in [3.63, 3.8) is 0 Å². The summed E-state index contributed by atoms with van der Waals surface area (Å²) in [7, 11) is 1.52. The Balaban J connectivity index is 2.50. The highest BCUT2D eigenvalue weighted by Gasteiger charge is 2.32. The van der Waals surface area contributed by atoms with Crippen LogP contribution in [0.3, 0.4) is 0 Å². The smallest absolute Gasteiger partial charge is 0.165 e. The fraction of sp³-hybridized carbons (Fsp3) is 0.455. The number of fused-ring (bicyclic) bond motifs is 1. The highest BCUT2D eigenvalue weighted by atomic mass is 19.1. The van der Waals surface area contributed by atoms with E-state index in [-0.39, 0.29) is 11.4 Å². The second-order valence-corrected chi connectivity index (χ2v) is 4.13. The van der Waals surface area contributed by atoms with Crippen molar-refractivity contribution >= 4 is 0 Å². The summed E-state index contributed by atoms with van der Waals surface area (Å²) < 4.78 is 23.9. The first kappa shape index (κ1) is 9.31. The summed E-state index contributed by atoms with van der Waals surface area (Å²) in [5.74, 6) is 0.881. The summed E-state index contributed by atoms with van der Waals surface area (Å²) in [5, 5.41) is 0. The highest BCUT2D eigenvalue weighted by Crippen LogP contribution is 2.42. The summed E-state index contributed by atoms with van der Waals surface area (Å²) in [6, 6.07) is 2.85. The lowest BCUT2D eigenvalue weighted by atomic mass is 10.0. The molecule has 0 amide bonds. The minimum Gasteiger partial charge on any atom is -0.493 e. The molecular weight excluding hydrogens is 183 g/mol. The van der Waals surface area contributed by atoms with E-state index in [1.807, 2.05) is 13.8 Å². The molecule has 1 heterocycles. The van der Waals surface area contributed by atoms with E-state index < -0.39 is 0 Å². The lowest BCUT2D eigenvalue weighted by molar-refractivity contribution is 0.134. The third-order valence-electron chi connectivity index (χ3n) is 2.31. The first-order chi connectivity index (χ1) is 6.52. The summed E-state index contributed by atoms with van der Waals surface area (Å²) in [5.41, 5.74) is 0.621. The van der Waals surface area contributed by atoms with Gasteiger partial charge in [0.15, 0.2) is 11.5 Å². The van der Waals surface area contributed by atoms with Crippen molar-refractivity contribution < 1.29 is 13.9 Å². The molecule has 0 unspecified atom stereocenters. The maximum absolute atomic E-state index is 13.1. The Hall–Kier alpha value is -1.25. The monoisotopic (exact) mass is 196 g/mol. The molecule has 0 N–H and O–H groups in total. The van der Waals surface area contributed by atoms with Gasteiger partial charge >= 0.3 is 0 Å². The molecule has 14 heavy (non-hydrogen) atoms. The number of ether oxygens (including phenoxy) is 2. The molecule has 76 valence electrons. The fourth-order valence-corrected chi connectivity index (χ4v) is 1.79. The molecule has 0 spiro atoms. The molecule has 0 atom stereocenters. The molecular formula is C11H13FO2. The zero-order chi connectivity index (χ0) is 10.3. The summed E-state index contributed by atoms with van der Waals surface area (Å²) in [6.45, 7) is 3.95. The van der Waals surface area contributed by atoms with E-state index in [2.05, 4.69) is 0 Å². The molecule has 2 nitrogen and oxygen atoms in total. The van der Waals surface area contributed by atoms with Gasteiger partial charge in [-0.2, -0.15) is 0 Å². The standard InChI is InChI=1S/C11H13FO2/c1-11(2)6-7-4-8(12)5-9(13-3)10(7)14-11/h4-5H,6H2,1-3H3. The zero-order valence-corrected chi connectivity index (χ0v) is 8.56. The van der Waals surface area contributed by atoms with Gasteiger partial charge in [-0.05, 0) is 19.9 Å². The number of hydrogen-bond donors (Lipinski definition) is 0. The zero-order valence-electron chi connectivity index (χ0n) is 8.56. The fourth-order valence-electron chi connectivity index (χ4n) is 1.79. The topological polar surface area (TPSA) is 18.5 Å². The first-order valence-corrected chi connectivity index (χ1v) is 4.57. The van der Waals surface area contributed by atoms with Crippen LogP contribution in [-0.2, 0) is 6.42 Å². The highest BCUT2D eigenvalue weighted by molar-refractivity contribution is 5.50. The van der Waals surface area contributed by atoms with Crippen molar-refractivity contribution in [3.05, 3.63) is 23.5 Å². The summed E-state index contributed by atoms with van der Waals surface area (Å²) in [4.78, 5) is 0. The minimum absolute atomic E-state index is 0.261. The lowest BCUT2D eigenvalue weighted by Gasteiger charge is -2.17. The molecule has 1 aromatic rings. The minimum atomic E-state index is -0.276. The van der Waals surface area contributed by atoms with Gasteiger partial charge in [-0.25, -0.2) is 4.39 Å². The average molecular weight is 196 g/mol. The molecule has 0 saturated heterocycles. The van der Waals surface area contributed by atoms with Crippen molar-refractivity contribution in [1.29, 1.82) is 0 Å². The molecule has 1 aliphatic rings. The molecule has 0 aromatic heterocycles. The third kappa shape index (κ3) is 1.43. The van der Waals surface area contributed by atoms with Gasteiger partial charge in [0.2, 0.25) is 0 Å². The van der Waals surface area contributed by atoms with Gasteiger partial charge < -0.3 is 9.47 Å². The Morgan fingerprint density at radius 3 is 2.79 bits per heavy atom. The Bertz CT molecular complexity index is 372. The predicted octanol–water partition coefficient (Wildman–Crippen LogP) is 2.55. The van der Waals surface area contributed by atoms with E-state index in [0.29, 0.717) is 11.5 Å². The van der Waals surface area contributed by atoms with E-state index >= 15 is 0 Å². The van der Waals surface area contributed by atoms with Gasteiger partial charge in [0.25, 0.3) is 0 Å². The first-order valence-electron chi connectivity index (χ1n) is 4.57. The SMILES string of the molecule is COc1cc(F)cc2c1OC(C)(C)C2. The Kier molecular flexibility index (Phi) is 1.91. The summed E-state index contributed by atoms with van der Waals surface area (Å²) >= 11 is 0. The molecule has 0 radical (unpaired) electrons. The van der Waals surface area contributed by atoms with Crippen molar-refractivity contribution in [2.45, 2.75) is 25.9 Å². The lowest BCUT2D eigenvalue weighted by Crippen LogP contribution is -2.24. The maximum Gasteiger partial charge on any atom is 0.165 e. The second-order valence-electron chi connectivity index (χ2n) is 4.13. The molecule has 0 bridgehead atoms. The molecule has 3 heteroatoms. The van der Waals surface area contributed by atoms with Crippen LogP contribution in [0.15, 0.2) is 12.1 Å². The van der Waals surface area contributed by atoms with Gasteiger partial charge in [0.1, 0.15) is 11.4 Å².